The van der Waals surface area contributed by atoms with Crippen LogP contribution in [-0.2, 0) is 9.47 Å². The fourth-order valence-corrected chi connectivity index (χ4v) is 4.53. The Morgan fingerprint density at radius 3 is 2.81 bits per heavy atom. The van der Waals surface area contributed by atoms with E-state index in [1.807, 2.05) is 24.3 Å². The Kier molecular flexibility index (Phi) is 5.59. The molecule has 2 unspecified atom stereocenters. The lowest BCUT2D eigenvalue weighted by molar-refractivity contribution is 0.00165. The van der Waals surface area contributed by atoms with E-state index >= 15 is 0 Å². The van der Waals surface area contributed by atoms with Crippen LogP contribution in [0.1, 0.15) is 16.9 Å². The predicted molar refractivity (Wildman–Crippen MR) is 103 cm³/mol. The van der Waals surface area contributed by atoms with Crippen LogP contribution in [-0.4, -0.2) is 67.9 Å². The number of hydrogen-bond donors (Lipinski definition) is 2. The molecule has 0 saturated carbocycles. The summed E-state index contributed by atoms with van der Waals surface area (Å²) in [6.45, 7) is 5.53. The summed E-state index contributed by atoms with van der Waals surface area (Å²) >= 11 is 3.56. The maximum atomic E-state index is 12.8. The van der Waals surface area contributed by atoms with Crippen molar-refractivity contribution in [1.82, 2.24) is 15.2 Å². The fraction of sp³-hybridized carbons (Fsp3) is 0.526. The molecule has 140 valence electrons. The van der Waals surface area contributed by atoms with Crippen molar-refractivity contribution >= 4 is 32.7 Å². The van der Waals surface area contributed by atoms with Gasteiger partial charge in [0.15, 0.2) is 0 Å². The standard InChI is InChI=1S/C19H24BrN3O3/c20-17-14-3-1-2-4-15(14)22-18(17)19(24)21-11-16(13-5-8-26-12-13)23-6-9-25-10-7-23/h1-4,13,16,22H,5-12H2,(H,21,24). The van der Waals surface area contributed by atoms with Gasteiger partial charge in [-0.05, 0) is 28.4 Å². The Balaban J connectivity index is 1.47. The van der Waals surface area contributed by atoms with Gasteiger partial charge in [-0.3, -0.25) is 9.69 Å². The van der Waals surface area contributed by atoms with Crippen molar-refractivity contribution in [2.45, 2.75) is 12.5 Å². The van der Waals surface area contributed by atoms with Crippen LogP contribution in [0.2, 0.25) is 0 Å². The number of rotatable bonds is 5. The van der Waals surface area contributed by atoms with E-state index in [9.17, 15) is 4.79 Å². The summed E-state index contributed by atoms with van der Waals surface area (Å²) in [7, 11) is 0. The van der Waals surface area contributed by atoms with Crippen LogP contribution in [0, 0.1) is 5.92 Å². The molecule has 2 atom stereocenters. The van der Waals surface area contributed by atoms with Crippen LogP contribution in [0.5, 0.6) is 0 Å². The number of para-hydroxylation sites is 1. The summed E-state index contributed by atoms with van der Waals surface area (Å²) in [5, 5.41) is 4.16. The number of carbonyl (C=O) groups is 1. The number of ether oxygens (including phenoxy) is 2. The van der Waals surface area contributed by atoms with Gasteiger partial charge in [0.05, 0.1) is 24.3 Å². The number of aromatic nitrogens is 1. The Hall–Kier alpha value is -1.41. The summed E-state index contributed by atoms with van der Waals surface area (Å²) < 4.78 is 11.9. The quantitative estimate of drug-likeness (QED) is 0.777. The molecule has 0 spiro atoms. The zero-order valence-electron chi connectivity index (χ0n) is 14.7. The minimum Gasteiger partial charge on any atom is -0.381 e. The molecule has 6 nitrogen and oxygen atoms in total. The lowest BCUT2D eigenvalue weighted by Crippen LogP contribution is -2.52. The van der Waals surface area contributed by atoms with Crippen molar-refractivity contribution < 1.29 is 14.3 Å². The van der Waals surface area contributed by atoms with E-state index in [4.69, 9.17) is 9.47 Å². The highest BCUT2D eigenvalue weighted by atomic mass is 79.9. The van der Waals surface area contributed by atoms with Crippen molar-refractivity contribution in [1.29, 1.82) is 0 Å². The van der Waals surface area contributed by atoms with Crippen LogP contribution in [0.25, 0.3) is 10.9 Å². The Bertz CT molecular complexity index is 766. The monoisotopic (exact) mass is 421 g/mol. The number of fused-ring (bicyclic) bond motifs is 1. The molecule has 2 fully saturated rings. The first-order valence-corrected chi connectivity index (χ1v) is 9.97. The first-order chi connectivity index (χ1) is 12.7. The van der Waals surface area contributed by atoms with E-state index < -0.39 is 0 Å². The molecule has 0 radical (unpaired) electrons. The van der Waals surface area contributed by atoms with Crippen molar-refractivity contribution in [3.05, 3.63) is 34.4 Å². The molecule has 1 amide bonds. The lowest BCUT2D eigenvalue weighted by atomic mass is 9.97. The molecule has 26 heavy (non-hydrogen) atoms. The number of benzene rings is 1. The molecule has 2 N–H and O–H groups in total. The highest BCUT2D eigenvalue weighted by Gasteiger charge is 2.32. The normalized spacial score (nSPS) is 22.6. The molecular weight excluding hydrogens is 398 g/mol. The van der Waals surface area contributed by atoms with Gasteiger partial charge in [-0.25, -0.2) is 0 Å². The molecule has 1 aromatic carbocycles. The second-order valence-electron chi connectivity index (χ2n) is 6.91. The summed E-state index contributed by atoms with van der Waals surface area (Å²) in [6.07, 6.45) is 1.05. The summed E-state index contributed by atoms with van der Waals surface area (Å²) in [5.41, 5.74) is 1.54. The van der Waals surface area contributed by atoms with Gasteiger partial charge in [-0.1, -0.05) is 18.2 Å². The minimum absolute atomic E-state index is 0.0785. The molecule has 4 rings (SSSR count). The third-order valence-electron chi connectivity index (χ3n) is 5.37. The summed E-state index contributed by atoms with van der Waals surface area (Å²) in [6, 6.07) is 8.19. The smallest absolute Gasteiger partial charge is 0.268 e. The van der Waals surface area contributed by atoms with Gasteiger partial charge >= 0.3 is 0 Å². The van der Waals surface area contributed by atoms with Gasteiger partial charge < -0.3 is 19.8 Å². The molecule has 1 aromatic heterocycles. The number of morpholine rings is 1. The Labute approximate surface area is 161 Å². The Morgan fingerprint density at radius 2 is 2.08 bits per heavy atom. The van der Waals surface area contributed by atoms with Gasteiger partial charge in [0.25, 0.3) is 5.91 Å². The number of aromatic amines is 1. The van der Waals surface area contributed by atoms with Gasteiger partial charge in [0, 0.05) is 49.1 Å². The second-order valence-corrected chi connectivity index (χ2v) is 7.70. The molecule has 0 aliphatic carbocycles. The van der Waals surface area contributed by atoms with E-state index in [1.165, 1.54) is 0 Å². The summed E-state index contributed by atoms with van der Waals surface area (Å²) in [5.74, 6) is 0.379. The molecule has 2 aromatic rings. The fourth-order valence-electron chi connectivity index (χ4n) is 3.91. The molecule has 2 aliphatic heterocycles. The number of H-pyrrole nitrogens is 1. The first kappa shape index (κ1) is 18.0. The zero-order chi connectivity index (χ0) is 17.9. The number of hydrogen-bond acceptors (Lipinski definition) is 4. The van der Waals surface area contributed by atoms with E-state index in [1.54, 1.807) is 0 Å². The van der Waals surface area contributed by atoms with E-state index in [0.717, 1.165) is 61.3 Å². The molecule has 0 bridgehead atoms. The van der Waals surface area contributed by atoms with Crippen LogP contribution in [0.15, 0.2) is 28.7 Å². The average molecular weight is 422 g/mol. The maximum absolute atomic E-state index is 12.8. The van der Waals surface area contributed by atoms with Gasteiger partial charge in [-0.2, -0.15) is 0 Å². The van der Waals surface area contributed by atoms with Crippen LogP contribution < -0.4 is 5.32 Å². The predicted octanol–water partition coefficient (Wildman–Crippen LogP) is 2.40. The SMILES string of the molecule is O=C(NCC(C1CCOC1)N1CCOCC1)c1[nH]c2ccccc2c1Br. The molecule has 2 saturated heterocycles. The molecular formula is C19H24BrN3O3. The van der Waals surface area contributed by atoms with Crippen molar-refractivity contribution in [2.24, 2.45) is 5.92 Å². The van der Waals surface area contributed by atoms with Crippen molar-refractivity contribution in [3.63, 3.8) is 0 Å². The number of nitrogens with one attached hydrogen (secondary N) is 2. The number of amides is 1. The second kappa shape index (κ2) is 8.08. The third-order valence-corrected chi connectivity index (χ3v) is 6.19. The van der Waals surface area contributed by atoms with Gasteiger partial charge in [0.2, 0.25) is 0 Å². The van der Waals surface area contributed by atoms with E-state index in [0.29, 0.717) is 18.2 Å². The van der Waals surface area contributed by atoms with Crippen molar-refractivity contribution in [2.75, 3.05) is 46.1 Å². The van der Waals surface area contributed by atoms with Crippen molar-refractivity contribution in [3.8, 4) is 0 Å². The number of halogens is 1. The maximum Gasteiger partial charge on any atom is 0.268 e. The average Bonchev–Trinajstić information content (AvgIpc) is 3.32. The zero-order valence-corrected chi connectivity index (χ0v) is 16.3. The summed E-state index contributed by atoms with van der Waals surface area (Å²) in [4.78, 5) is 18.4. The molecule has 7 heteroatoms. The van der Waals surface area contributed by atoms with Crippen LogP contribution in [0.3, 0.4) is 0 Å². The van der Waals surface area contributed by atoms with Gasteiger partial charge in [-0.15, -0.1) is 0 Å². The first-order valence-electron chi connectivity index (χ1n) is 9.18. The van der Waals surface area contributed by atoms with Crippen LogP contribution in [0.4, 0.5) is 0 Å². The van der Waals surface area contributed by atoms with Gasteiger partial charge in [0.1, 0.15) is 5.69 Å². The Morgan fingerprint density at radius 1 is 1.27 bits per heavy atom. The van der Waals surface area contributed by atoms with Crippen LogP contribution >= 0.6 is 15.9 Å². The highest BCUT2D eigenvalue weighted by molar-refractivity contribution is 9.10. The number of nitrogens with zero attached hydrogens (tertiary/aromatic N) is 1. The van der Waals surface area contributed by atoms with E-state index in [2.05, 4.69) is 31.1 Å². The largest absolute Gasteiger partial charge is 0.381 e. The minimum atomic E-state index is -0.0785. The highest BCUT2D eigenvalue weighted by Crippen LogP contribution is 2.28. The van der Waals surface area contributed by atoms with E-state index in [-0.39, 0.29) is 11.9 Å². The topological polar surface area (TPSA) is 66.6 Å². The lowest BCUT2D eigenvalue weighted by Gasteiger charge is -2.37. The molecule has 3 heterocycles. The number of carbonyl (C=O) groups excluding carboxylic acids is 1. The third kappa shape index (κ3) is 3.67. The molecule has 2 aliphatic rings.